The fourth-order valence-electron chi connectivity index (χ4n) is 2.10. The van der Waals surface area contributed by atoms with Crippen molar-refractivity contribution in [2.24, 2.45) is 5.92 Å². The van der Waals surface area contributed by atoms with Crippen LogP contribution in [0.25, 0.3) is 0 Å². The number of carbonyl (C=O) groups is 2. The van der Waals surface area contributed by atoms with E-state index in [9.17, 15) is 9.59 Å². The standard InChI is InChI=1S/C13H17ClN2O2S/c1-8(2)12-13(18)16(7-11(17)15-12)6-5-9-3-4-10(14)19-9/h3-4,8,12H,5-7H2,1-2H3,(H,15,17). The Kier molecular flexibility index (Phi) is 4.47. The zero-order valence-corrected chi connectivity index (χ0v) is 12.6. The lowest BCUT2D eigenvalue weighted by Gasteiger charge is -2.34. The fraction of sp³-hybridized carbons (Fsp3) is 0.538. The monoisotopic (exact) mass is 300 g/mol. The van der Waals surface area contributed by atoms with Crippen LogP contribution in [0.1, 0.15) is 18.7 Å². The number of nitrogens with one attached hydrogen (secondary N) is 1. The molecule has 6 heteroatoms. The van der Waals surface area contributed by atoms with Crippen molar-refractivity contribution in [1.82, 2.24) is 10.2 Å². The Balaban J connectivity index is 1.98. The topological polar surface area (TPSA) is 49.4 Å². The molecular weight excluding hydrogens is 284 g/mol. The average Bonchev–Trinajstić information content (AvgIpc) is 2.75. The van der Waals surface area contributed by atoms with Crippen molar-refractivity contribution in [3.63, 3.8) is 0 Å². The molecule has 0 aromatic carbocycles. The molecule has 0 radical (unpaired) electrons. The van der Waals surface area contributed by atoms with Crippen molar-refractivity contribution in [3.05, 3.63) is 21.3 Å². The Morgan fingerprint density at radius 1 is 1.47 bits per heavy atom. The number of halogens is 1. The lowest BCUT2D eigenvalue weighted by atomic mass is 10.0. The third-order valence-corrected chi connectivity index (χ3v) is 4.44. The summed E-state index contributed by atoms with van der Waals surface area (Å²) in [5.74, 6) is 0.0372. The number of amides is 2. The second-order valence-electron chi connectivity index (χ2n) is 5.00. The van der Waals surface area contributed by atoms with Crippen LogP contribution >= 0.6 is 22.9 Å². The van der Waals surface area contributed by atoms with Crippen LogP contribution in [0.3, 0.4) is 0 Å². The van der Waals surface area contributed by atoms with Crippen LogP contribution in [-0.4, -0.2) is 35.8 Å². The molecule has 2 heterocycles. The SMILES string of the molecule is CC(C)C1NC(=O)CN(CCc2ccc(Cl)s2)C1=O. The summed E-state index contributed by atoms with van der Waals surface area (Å²) in [7, 11) is 0. The van der Waals surface area contributed by atoms with Crippen molar-refractivity contribution in [2.75, 3.05) is 13.1 Å². The molecule has 1 atom stereocenters. The van der Waals surface area contributed by atoms with E-state index in [0.29, 0.717) is 6.54 Å². The molecule has 4 nitrogen and oxygen atoms in total. The number of hydrogen-bond acceptors (Lipinski definition) is 3. The van der Waals surface area contributed by atoms with Gasteiger partial charge in [0.05, 0.1) is 10.9 Å². The van der Waals surface area contributed by atoms with Gasteiger partial charge in [0.25, 0.3) is 0 Å². The van der Waals surface area contributed by atoms with Gasteiger partial charge in [-0.3, -0.25) is 9.59 Å². The van der Waals surface area contributed by atoms with E-state index in [1.165, 1.54) is 11.3 Å². The van der Waals surface area contributed by atoms with Crippen molar-refractivity contribution >= 4 is 34.8 Å². The van der Waals surface area contributed by atoms with Crippen LogP contribution in [-0.2, 0) is 16.0 Å². The highest BCUT2D eigenvalue weighted by Gasteiger charge is 2.34. The zero-order chi connectivity index (χ0) is 14.0. The minimum Gasteiger partial charge on any atom is -0.343 e. The second kappa shape index (κ2) is 5.92. The van der Waals surface area contributed by atoms with E-state index < -0.39 is 6.04 Å². The molecule has 1 aliphatic rings. The molecular formula is C13H17ClN2O2S. The highest BCUT2D eigenvalue weighted by atomic mass is 35.5. The average molecular weight is 301 g/mol. The largest absolute Gasteiger partial charge is 0.343 e. The summed E-state index contributed by atoms with van der Waals surface area (Å²) in [5.41, 5.74) is 0. The van der Waals surface area contributed by atoms with E-state index in [2.05, 4.69) is 5.32 Å². The Morgan fingerprint density at radius 2 is 2.21 bits per heavy atom. The van der Waals surface area contributed by atoms with E-state index >= 15 is 0 Å². The number of rotatable bonds is 4. The lowest BCUT2D eigenvalue weighted by molar-refractivity contribution is -0.145. The lowest BCUT2D eigenvalue weighted by Crippen LogP contribution is -2.60. The van der Waals surface area contributed by atoms with Gasteiger partial charge in [-0.05, 0) is 24.5 Å². The molecule has 1 unspecified atom stereocenters. The first-order chi connectivity index (χ1) is 8.97. The van der Waals surface area contributed by atoms with Crippen LogP contribution < -0.4 is 5.32 Å². The van der Waals surface area contributed by atoms with Gasteiger partial charge < -0.3 is 10.2 Å². The molecule has 0 bridgehead atoms. The first-order valence-corrected chi connectivity index (χ1v) is 7.49. The van der Waals surface area contributed by atoms with E-state index in [-0.39, 0.29) is 24.3 Å². The maximum Gasteiger partial charge on any atom is 0.245 e. The maximum absolute atomic E-state index is 12.2. The number of hydrogen-bond donors (Lipinski definition) is 1. The van der Waals surface area contributed by atoms with E-state index in [4.69, 9.17) is 11.6 Å². The number of piperazine rings is 1. The molecule has 1 fully saturated rings. The smallest absolute Gasteiger partial charge is 0.245 e. The molecule has 1 aromatic rings. The molecule has 0 saturated carbocycles. The normalized spacial score (nSPS) is 20.0. The molecule has 0 aliphatic carbocycles. The maximum atomic E-state index is 12.2. The third-order valence-electron chi connectivity index (χ3n) is 3.15. The summed E-state index contributed by atoms with van der Waals surface area (Å²) >= 11 is 7.38. The quantitative estimate of drug-likeness (QED) is 0.923. The van der Waals surface area contributed by atoms with Crippen molar-refractivity contribution in [3.8, 4) is 0 Å². The first-order valence-electron chi connectivity index (χ1n) is 6.29. The molecule has 2 rings (SSSR count). The fourth-order valence-corrected chi connectivity index (χ4v) is 3.18. The first kappa shape index (κ1) is 14.3. The molecule has 19 heavy (non-hydrogen) atoms. The van der Waals surface area contributed by atoms with Crippen LogP contribution in [0.2, 0.25) is 4.34 Å². The van der Waals surface area contributed by atoms with Crippen molar-refractivity contribution in [2.45, 2.75) is 26.3 Å². The highest BCUT2D eigenvalue weighted by molar-refractivity contribution is 7.16. The van der Waals surface area contributed by atoms with Gasteiger partial charge in [0.1, 0.15) is 6.04 Å². The second-order valence-corrected chi connectivity index (χ2v) is 6.80. The molecule has 1 saturated heterocycles. The predicted octanol–water partition coefficient (Wildman–Crippen LogP) is 1.93. The van der Waals surface area contributed by atoms with Gasteiger partial charge in [-0.1, -0.05) is 25.4 Å². The van der Waals surface area contributed by atoms with Gasteiger partial charge in [0.15, 0.2) is 0 Å². The van der Waals surface area contributed by atoms with Crippen LogP contribution in [0.4, 0.5) is 0 Å². The minimum absolute atomic E-state index is 0.0113. The van der Waals surface area contributed by atoms with Crippen LogP contribution in [0, 0.1) is 5.92 Å². The Bertz CT molecular complexity index is 487. The molecule has 104 valence electrons. The summed E-state index contributed by atoms with van der Waals surface area (Å²) in [4.78, 5) is 26.6. The van der Waals surface area contributed by atoms with Gasteiger partial charge in [0, 0.05) is 11.4 Å². The summed E-state index contributed by atoms with van der Waals surface area (Å²) < 4.78 is 0.748. The Morgan fingerprint density at radius 3 is 2.79 bits per heavy atom. The van der Waals surface area contributed by atoms with Gasteiger partial charge in [-0.2, -0.15) is 0 Å². The van der Waals surface area contributed by atoms with Gasteiger partial charge >= 0.3 is 0 Å². The van der Waals surface area contributed by atoms with Gasteiger partial charge in [-0.15, -0.1) is 11.3 Å². The molecule has 1 aliphatic heterocycles. The third kappa shape index (κ3) is 3.48. The Hall–Kier alpha value is -1.07. The Labute approximate surface area is 121 Å². The highest BCUT2D eigenvalue weighted by Crippen LogP contribution is 2.22. The number of carbonyl (C=O) groups excluding carboxylic acids is 2. The van der Waals surface area contributed by atoms with Crippen LogP contribution in [0.15, 0.2) is 12.1 Å². The van der Waals surface area contributed by atoms with Crippen LogP contribution in [0.5, 0.6) is 0 Å². The van der Waals surface area contributed by atoms with E-state index in [1.807, 2.05) is 26.0 Å². The number of nitrogens with zero attached hydrogens (tertiary/aromatic N) is 1. The summed E-state index contributed by atoms with van der Waals surface area (Å²) in [5, 5.41) is 2.75. The van der Waals surface area contributed by atoms with Gasteiger partial charge in [0.2, 0.25) is 11.8 Å². The molecule has 1 aromatic heterocycles. The molecule has 1 N–H and O–H groups in total. The van der Waals surface area contributed by atoms with Crippen molar-refractivity contribution < 1.29 is 9.59 Å². The van der Waals surface area contributed by atoms with Gasteiger partial charge in [-0.25, -0.2) is 0 Å². The molecule has 0 spiro atoms. The minimum atomic E-state index is -0.395. The van der Waals surface area contributed by atoms with E-state index in [0.717, 1.165) is 15.6 Å². The zero-order valence-electron chi connectivity index (χ0n) is 11.0. The van der Waals surface area contributed by atoms with Crippen molar-refractivity contribution in [1.29, 1.82) is 0 Å². The summed E-state index contributed by atoms with van der Waals surface area (Å²) in [6.07, 6.45) is 0.737. The summed E-state index contributed by atoms with van der Waals surface area (Å²) in [6, 6.07) is 3.41. The number of thiophene rings is 1. The summed E-state index contributed by atoms with van der Waals surface area (Å²) in [6.45, 7) is 4.59. The molecule has 2 amide bonds. The predicted molar refractivity (Wildman–Crippen MR) is 76.4 cm³/mol. The van der Waals surface area contributed by atoms with E-state index in [1.54, 1.807) is 4.90 Å².